The Kier molecular flexibility index (Phi) is 3.18. The number of aliphatic carboxylic acids is 1. The Morgan fingerprint density at radius 1 is 1.60 bits per heavy atom. The minimum absolute atomic E-state index is 0.113. The van der Waals surface area contributed by atoms with E-state index in [0.29, 0.717) is 5.75 Å². The van der Waals surface area contributed by atoms with Crippen molar-refractivity contribution in [1.29, 1.82) is 0 Å². The number of halogens is 2. The summed E-state index contributed by atoms with van der Waals surface area (Å²) >= 11 is 0. The van der Waals surface area contributed by atoms with Crippen LogP contribution in [0.1, 0.15) is 5.56 Å². The van der Waals surface area contributed by atoms with Crippen LogP contribution < -0.4 is 4.74 Å². The van der Waals surface area contributed by atoms with Gasteiger partial charge >= 0.3 is 11.9 Å². The van der Waals surface area contributed by atoms with E-state index < -0.39 is 18.3 Å². The molecule has 1 aromatic rings. The van der Waals surface area contributed by atoms with E-state index >= 15 is 0 Å². The number of nitrogens with zero attached hydrogens (tertiary/aromatic N) is 1. The van der Waals surface area contributed by atoms with Gasteiger partial charge in [0.2, 0.25) is 0 Å². The summed E-state index contributed by atoms with van der Waals surface area (Å²) in [6.07, 6.45) is 1.63. The molecule has 6 heteroatoms. The van der Waals surface area contributed by atoms with Crippen LogP contribution in [0.4, 0.5) is 8.78 Å². The van der Waals surface area contributed by atoms with Crippen molar-refractivity contribution in [2.45, 2.75) is 12.3 Å². The fraction of sp³-hybridized carbons (Fsp3) is 0.333. The van der Waals surface area contributed by atoms with Crippen molar-refractivity contribution in [3.63, 3.8) is 0 Å². The molecule has 0 fully saturated rings. The summed E-state index contributed by atoms with van der Waals surface area (Å²) in [5.41, 5.74) is 0.113. The van der Waals surface area contributed by atoms with Crippen LogP contribution in [0, 0.1) is 0 Å². The molecule has 1 N–H and O–H groups in total. The van der Waals surface area contributed by atoms with Crippen LogP contribution in [0.15, 0.2) is 18.5 Å². The number of methoxy groups -OCH3 is 1. The van der Waals surface area contributed by atoms with Gasteiger partial charge in [-0.1, -0.05) is 0 Å². The van der Waals surface area contributed by atoms with E-state index in [1.165, 1.54) is 25.6 Å². The summed E-state index contributed by atoms with van der Waals surface area (Å²) in [5.74, 6) is -5.62. The summed E-state index contributed by atoms with van der Waals surface area (Å²) in [7, 11) is 1.37. The number of alkyl halides is 2. The van der Waals surface area contributed by atoms with Crippen LogP contribution >= 0.6 is 0 Å². The number of carbonyl (C=O) groups is 1. The predicted molar refractivity (Wildman–Crippen MR) is 47.1 cm³/mol. The van der Waals surface area contributed by atoms with Gasteiger partial charge < -0.3 is 9.84 Å². The van der Waals surface area contributed by atoms with Gasteiger partial charge in [-0.3, -0.25) is 4.98 Å². The first-order valence-electron chi connectivity index (χ1n) is 4.05. The highest BCUT2D eigenvalue weighted by Crippen LogP contribution is 2.21. The molecule has 0 spiro atoms. The van der Waals surface area contributed by atoms with Crippen molar-refractivity contribution in [3.05, 3.63) is 24.0 Å². The molecule has 0 saturated carbocycles. The monoisotopic (exact) mass is 217 g/mol. The minimum atomic E-state index is -3.78. The van der Waals surface area contributed by atoms with Gasteiger partial charge in [0.05, 0.1) is 13.3 Å². The van der Waals surface area contributed by atoms with E-state index in [0.717, 1.165) is 0 Å². The summed E-state index contributed by atoms with van der Waals surface area (Å²) in [5, 5.41) is 8.23. The van der Waals surface area contributed by atoms with Crippen LogP contribution in [0.3, 0.4) is 0 Å². The van der Waals surface area contributed by atoms with Gasteiger partial charge in [-0.25, -0.2) is 4.79 Å². The highest BCUT2D eigenvalue weighted by molar-refractivity contribution is 5.75. The topological polar surface area (TPSA) is 59.4 Å². The number of hydrogen-bond donors (Lipinski definition) is 1. The SMILES string of the molecule is COc1cncc(CC(F)(F)C(=O)O)c1. The zero-order valence-electron chi connectivity index (χ0n) is 7.91. The summed E-state index contributed by atoms with van der Waals surface area (Å²) in [6, 6.07) is 1.32. The smallest absolute Gasteiger partial charge is 0.374 e. The molecule has 1 rings (SSSR count). The van der Waals surface area contributed by atoms with Crippen LogP contribution in [0.5, 0.6) is 5.75 Å². The quantitative estimate of drug-likeness (QED) is 0.827. The van der Waals surface area contributed by atoms with Crippen LogP contribution in [0.25, 0.3) is 0 Å². The number of carboxylic acid groups (broad SMARTS) is 1. The number of pyridine rings is 1. The fourth-order valence-corrected chi connectivity index (χ4v) is 1.00. The zero-order chi connectivity index (χ0) is 11.5. The molecular formula is C9H9F2NO3. The van der Waals surface area contributed by atoms with E-state index in [9.17, 15) is 13.6 Å². The van der Waals surface area contributed by atoms with Gasteiger partial charge in [-0.05, 0) is 11.6 Å². The molecule has 0 bridgehead atoms. The van der Waals surface area contributed by atoms with Crippen molar-refractivity contribution in [1.82, 2.24) is 4.98 Å². The van der Waals surface area contributed by atoms with E-state index in [1.807, 2.05) is 0 Å². The van der Waals surface area contributed by atoms with Crippen LogP contribution in [0.2, 0.25) is 0 Å². The number of hydrogen-bond acceptors (Lipinski definition) is 3. The molecule has 0 radical (unpaired) electrons. The van der Waals surface area contributed by atoms with Crippen LogP contribution in [-0.4, -0.2) is 29.1 Å². The number of rotatable bonds is 4. The fourth-order valence-electron chi connectivity index (χ4n) is 1.00. The summed E-state index contributed by atoms with van der Waals surface area (Å²) in [6.45, 7) is 0. The third kappa shape index (κ3) is 2.87. The predicted octanol–water partition coefficient (Wildman–Crippen LogP) is 1.35. The lowest BCUT2D eigenvalue weighted by Crippen LogP contribution is -2.30. The Hall–Kier alpha value is -1.72. The Bertz CT molecular complexity index is 368. The molecule has 0 amide bonds. The highest BCUT2D eigenvalue weighted by atomic mass is 19.3. The zero-order valence-corrected chi connectivity index (χ0v) is 7.91. The van der Waals surface area contributed by atoms with Crippen molar-refractivity contribution >= 4 is 5.97 Å². The maximum absolute atomic E-state index is 12.8. The molecule has 0 saturated heterocycles. The first-order valence-corrected chi connectivity index (χ1v) is 4.05. The third-order valence-corrected chi connectivity index (χ3v) is 1.74. The Balaban J connectivity index is 2.85. The van der Waals surface area contributed by atoms with E-state index in [4.69, 9.17) is 9.84 Å². The average Bonchev–Trinajstić information content (AvgIpc) is 2.17. The summed E-state index contributed by atoms with van der Waals surface area (Å²) in [4.78, 5) is 13.8. The highest BCUT2D eigenvalue weighted by Gasteiger charge is 2.38. The molecule has 0 atom stereocenters. The molecule has 1 heterocycles. The van der Waals surface area contributed by atoms with E-state index in [1.54, 1.807) is 0 Å². The second-order valence-corrected chi connectivity index (χ2v) is 2.92. The standard InChI is InChI=1S/C9H9F2NO3/c1-15-7-2-6(4-12-5-7)3-9(10,11)8(13)14/h2,4-5H,3H2,1H3,(H,13,14). The van der Waals surface area contributed by atoms with Gasteiger partial charge in [0.1, 0.15) is 5.75 Å². The number of ether oxygens (including phenoxy) is 1. The first kappa shape index (κ1) is 11.4. The van der Waals surface area contributed by atoms with Gasteiger partial charge in [0, 0.05) is 12.6 Å². The second-order valence-electron chi connectivity index (χ2n) is 2.92. The lowest BCUT2D eigenvalue weighted by molar-refractivity contribution is -0.164. The van der Waals surface area contributed by atoms with E-state index in [-0.39, 0.29) is 5.56 Å². The first-order chi connectivity index (χ1) is 6.95. The molecule has 0 aliphatic rings. The van der Waals surface area contributed by atoms with Crippen molar-refractivity contribution < 1.29 is 23.4 Å². The lowest BCUT2D eigenvalue weighted by Gasteiger charge is -2.10. The lowest BCUT2D eigenvalue weighted by atomic mass is 10.1. The molecule has 0 aliphatic heterocycles. The Labute approximate surface area is 84.5 Å². The Morgan fingerprint density at radius 3 is 2.80 bits per heavy atom. The third-order valence-electron chi connectivity index (χ3n) is 1.74. The largest absolute Gasteiger partial charge is 0.495 e. The minimum Gasteiger partial charge on any atom is -0.495 e. The number of carboxylic acids is 1. The van der Waals surface area contributed by atoms with Gasteiger partial charge in [0.25, 0.3) is 0 Å². The van der Waals surface area contributed by atoms with E-state index in [2.05, 4.69) is 4.98 Å². The molecule has 0 aliphatic carbocycles. The molecule has 4 nitrogen and oxygen atoms in total. The van der Waals surface area contributed by atoms with Gasteiger partial charge in [-0.15, -0.1) is 0 Å². The van der Waals surface area contributed by atoms with Crippen LogP contribution in [-0.2, 0) is 11.2 Å². The van der Waals surface area contributed by atoms with Crippen molar-refractivity contribution in [2.24, 2.45) is 0 Å². The number of aromatic nitrogens is 1. The molecular weight excluding hydrogens is 208 g/mol. The second kappa shape index (κ2) is 4.20. The maximum atomic E-state index is 12.8. The normalized spacial score (nSPS) is 11.1. The summed E-state index contributed by atoms with van der Waals surface area (Å²) < 4.78 is 30.4. The average molecular weight is 217 g/mol. The maximum Gasteiger partial charge on any atom is 0.374 e. The Morgan fingerprint density at radius 2 is 2.27 bits per heavy atom. The molecule has 0 unspecified atom stereocenters. The molecule has 1 aromatic heterocycles. The van der Waals surface area contributed by atoms with Gasteiger partial charge in [-0.2, -0.15) is 8.78 Å². The van der Waals surface area contributed by atoms with Crippen molar-refractivity contribution in [3.8, 4) is 5.75 Å². The molecule has 15 heavy (non-hydrogen) atoms. The molecule has 0 aromatic carbocycles. The van der Waals surface area contributed by atoms with Crippen molar-refractivity contribution in [2.75, 3.05) is 7.11 Å². The molecule has 82 valence electrons. The van der Waals surface area contributed by atoms with Gasteiger partial charge in [0.15, 0.2) is 0 Å².